The summed E-state index contributed by atoms with van der Waals surface area (Å²) in [7, 11) is 0. The highest BCUT2D eigenvalue weighted by Crippen LogP contribution is 2.25. The summed E-state index contributed by atoms with van der Waals surface area (Å²) in [6.45, 7) is 5.76. The predicted octanol–water partition coefficient (Wildman–Crippen LogP) is 4.41. The molecule has 0 saturated carbocycles. The standard InChI is InChI=1S/C22H27ClN2O2/c1-2-20(27-21-11-4-3-10-19(21)23)22(26)24-15-17-8-7-9-18(14-17)16-25-12-5-6-13-25/h3-4,7-11,14,20H,2,5-6,12-13,15-16H2,1H3,(H,24,26)/t20-/m0/s1. The molecule has 3 rings (SSSR count). The maximum absolute atomic E-state index is 12.5. The van der Waals surface area contributed by atoms with Crippen LogP contribution in [0.3, 0.4) is 0 Å². The predicted molar refractivity (Wildman–Crippen MR) is 109 cm³/mol. The Morgan fingerprint density at radius 2 is 1.89 bits per heavy atom. The zero-order valence-corrected chi connectivity index (χ0v) is 16.5. The number of hydrogen-bond donors (Lipinski definition) is 1. The van der Waals surface area contributed by atoms with Gasteiger partial charge in [-0.3, -0.25) is 9.69 Å². The average Bonchev–Trinajstić information content (AvgIpc) is 3.19. The molecule has 1 N–H and O–H groups in total. The van der Waals surface area contributed by atoms with Crippen LogP contribution in [0.1, 0.15) is 37.3 Å². The van der Waals surface area contributed by atoms with Crippen molar-refractivity contribution in [3.63, 3.8) is 0 Å². The second kappa shape index (κ2) is 9.77. The fraction of sp³-hybridized carbons (Fsp3) is 0.409. The van der Waals surface area contributed by atoms with Crippen molar-refractivity contribution in [3.8, 4) is 5.75 Å². The minimum Gasteiger partial charge on any atom is -0.479 e. The molecule has 2 aromatic rings. The van der Waals surface area contributed by atoms with E-state index in [1.807, 2.05) is 25.1 Å². The van der Waals surface area contributed by atoms with E-state index < -0.39 is 6.10 Å². The maximum atomic E-state index is 12.5. The smallest absolute Gasteiger partial charge is 0.261 e. The molecule has 5 heteroatoms. The first-order valence-electron chi connectivity index (χ1n) is 9.65. The van der Waals surface area contributed by atoms with Gasteiger partial charge >= 0.3 is 0 Å². The fourth-order valence-corrected chi connectivity index (χ4v) is 3.54. The Morgan fingerprint density at radius 1 is 1.15 bits per heavy atom. The highest BCUT2D eigenvalue weighted by atomic mass is 35.5. The zero-order valence-electron chi connectivity index (χ0n) is 15.8. The topological polar surface area (TPSA) is 41.6 Å². The quantitative estimate of drug-likeness (QED) is 0.730. The van der Waals surface area contributed by atoms with Gasteiger partial charge in [0.15, 0.2) is 6.10 Å². The number of ether oxygens (including phenoxy) is 1. The summed E-state index contributed by atoms with van der Waals surface area (Å²) in [5, 5.41) is 3.50. The first-order chi connectivity index (χ1) is 13.2. The van der Waals surface area contributed by atoms with Gasteiger partial charge in [0, 0.05) is 13.1 Å². The molecule has 144 valence electrons. The van der Waals surface area contributed by atoms with E-state index in [4.69, 9.17) is 16.3 Å². The van der Waals surface area contributed by atoms with Crippen LogP contribution in [0.15, 0.2) is 48.5 Å². The summed E-state index contributed by atoms with van der Waals surface area (Å²) in [5.41, 5.74) is 2.40. The van der Waals surface area contributed by atoms with Gasteiger partial charge in [0.05, 0.1) is 5.02 Å². The summed E-state index contributed by atoms with van der Waals surface area (Å²) in [4.78, 5) is 15.0. The van der Waals surface area contributed by atoms with Crippen molar-refractivity contribution in [1.82, 2.24) is 10.2 Å². The molecule has 2 aromatic carbocycles. The molecule has 0 spiro atoms. The van der Waals surface area contributed by atoms with Gasteiger partial charge in [-0.05, 0) is 55.6 Å². The molecule has 0 aromatic heterocycles. The summed E-state index contributed by atoms with van der Waals surface area (Å²) >= 11 is 6.13. The number of carbonyl (C=O) groups excluding carboxylic acids is 1. The van der Waals surface area contributed by atoms with Gasteiger partial charge in [-0.15, -0.1) is 0 Å². The van der Waals surface area contributed by atoms with E-state index in [0.29, 0.717) is 23.7 Å². The van der Waals surface area contributed by atoms with E-state index in [1.165, 1.54) is 31.5 Å². The van der Waals surface area contributed by atoms with Crippen molar-refractivity contribution in [2.24, 2.45) is 0 Å². The second-order valence-corrected chi connectivity index (χ2v) is 7.37. The maximum Gasteiger partial charge on any atom is 0.261 e. The number of amides is 1. The Hall–Kier alpha value is -2.04. The lowest BCUT2D eigenvalue weighted by Crippen LogP contribution is -2.37. The molecule has 1 amide bonds. The van der Waals surface area contributed by atoms with Gasteiger partial charge in [-0.25, -0.2) is 0 Å². The average molecular weight is 387 g/mol. The largest absolute Gasteiger partial charge is 0.479 e. The minimum atomic E-state index is -0.558. The molecular weight excluding hydrogens is 360 g/mol. The zero-order chi connectivity index (χ0) is 19.1. The lowest BCUT2D eigenvalue weighted by atomic mass is 10.1. The first kappa shape index (κ1) is 19.7. The van der Waals surface area contributed by atoms with Crippen LogP contribution in [0.4, 0.5) is 0 Å². The van der Waals surface area contributed by atoms with Gasteiger partial charge in [0.2, 0.25) is 0 Å². The van der Waals surface area contributed by atoms with Crippen LogP contribution in [0, 0.1) is 0 Å². The van der Waals surface area contributed by atoms with Crippen molar-refractivity contribution < 1.29 is 9.53 Å². The SMILES string of the molecule is CC[C@H](Oc1ccccc1Cl)C(=O)NCc1cccc(CN2CCCC2)c1. The Morgan fingerprint density at radius 3 is 2.63 bits per heavy atom. The Balaban J connectivity index is 1.55. The molecular formula is C22H27ClN2O2. The highest BCUT2D eigenvalue weighted by Gasteiger charge is 2.19. The van der Waals surface area contributed by atoms with E-state index >= 15 is 0 Å². The van der Waals surface area contributed by atoms with Crippen LogP contribution in [0.5, 0.6) is 5.75 Å². The molecule has 0 radical (unpaired) electrons. The molecule has 1 atom stereocenters. The number of hydrogen-bond acceptors (Lipinski definition) is 3. The Labute approximate surface area is 166 Å². The van der Waals surface area contributed by atoms with Crippen LogP contribution in [-0.4, -0.2) is 30.0 Å². The van der Waals surface area contributed by atoms with Crippen LogP contribution >= 0.6 is 11.6 Å². The molecule has 1 fully saturated rings. The number of carbonyl (C=O) groups is 1. The fourth-order valence-electron chi connectivity index (χ4n) is 3.36. The monoisotopic (exact) mass is 386 g/mol. The van der Waals surface area contributed by atoms with E-state index in [0.717, 1.165) is 12.1 Å². The lowest BCUT2D eigenvalue weighted by molar-refractivity contribution is -0.128. The number of halogens is 1. The molecule has 0 unspecified atom stereocenters. The number of nitrogens with one attached hydrogen (secondary N) is 1. The van der Waals surface area contributed by atoms with E-state index in [2.05, 4.69) is 28.4 Å². The molecule has 1 saturated heterocycles. The third kappa shape index (κ3) is 5.72. The van der Waals surface area contributed by atoms with Gasteiger partial charge in [0.1, 0.15) is 5.75 Å². The minimum absolute atomic E-state index is 0.123. The second-order valence-electron chi connectivity index (χ2n) is 6.97. The van der Waals surface area contributed by atoms with Crippen molar-refractivity contribution in [2.75, 3.05) is 13.1 Å². The van der Waals surface area contributed by atoms with Gasteiger partial charge < -0.3 is 10.1 Å². The van der Waals surface area contributed by atoms with Gasteiger partial charge in [-0.2, -0.15) is 0 Å². The normalized spacial score (nSPS) is 15.5. The van der Waals surface area contributed by atoms with Crippen molar-refractivity contribution in [3.05, 3.63) is 64.7 Å². The van der Waals surface area contributed by atoms with Crippen LogP contribution < -0.4 is 10.1 Å². The summed E-state index contributed by atoms with van der Waals surface area (Å²) in [6, 6.07) is 15.7. The highest BCUT2D eigenvalue weighted by molar-refractivity contribution is 6.32. The summed E-state index contributed by atoms with van der Waals surface area (Å²) < 4.78 is 5.81. The third-order valence-electron chi connectivity index (χ3n) is 4.83. The molecule has 4 nitrogen and oxygen atoms in total. The molecule has 1 aliphatic heterocycles. The Kier molecular flexibility index (Phi) is 7.13. The van der Waals surface area contributed by atoms with Gasteiger partial charge in [0.25, 0.3) is 5.91 Å². The van der Waals surface area contributed by atoms with Crippen LogP contribution in [-0.2, 0) is 17.9 Å². The molecule has 0 bridgehead atoms. The molecule has 1 heterocycles. The van der Waals surface area contributed by atoms with Crippen LogP contribution in [0.2, 0.25) is 5.02 Å². The van der Waals surface area contributed by atoms with Crippen molar-refractivity contribution in [1.29, 1.82) is 0 Å². The number of benzene rings is 2. The van der Waals surface area contributed by atoms with E-state index in [1.54, 1.807) is 12.1 Å². The first-order valence-corrected chi connectivity index (χ1v) is 10.0. The lowest BCUT2D eigenvalue weighted by Gasteiger charge is -2.18. The van der Waals surface area contributed by atoms with Crippen molar-refractivity contribution in [2.45, 2.75) is 45.4 Å². The number of para-hydroxylation sites is 1. The molecule has 1 aliphatic rings. The summed E-state index contributed by atoms with van der Waals surface area (Å²) in [6.07, 6.45) is 2.60. The van der Waals surface area contributed by atoms with E-state index in [-0.39, 0.29) is 5.91 Å². The van der Waals surface area contributed by atoms with E-state index in [9.17, 15) is 4.79 Å². The Bertz CT molecular complexity index is 759. The third-order valence-corrected chi connectivity index (χ3v) is 5.14. The number of rotatable bonds is 8. The van der Waals surface area contributed by atoms with Crippen molar-refractivity contribution >= 4 is 17.5 Å². The van der Waals surface area contributed by atoms with Crippen LogP contribution in [0.25, 0.3) is 0 Å². The molecule has 27 heavy (non-hydrogen) atoms. The summed E-state index contributed by atoms with van der Waals surface area (Å²) in [5.74, 6) is 0.413. The number of likely N-dealkylation sites (tertiary alicyclic amines) is 1. The molecule has 0 aliphatic carbocycles. The van der Waals surface area contributed by atoms with Gasteiger partial charge in [-0.1, -0.05) is 54.9 Å². The number of nitrogens with zero attached hydrogens (tertiary/aromatic N) is 1.